The lowest BCUT2D eigenvalue weighted by Crippen LogP contribution is -2.31. The first-order valence-electron chi connectivity index (χ1n) is 11.1. The Bertz CT molecular complexity index is 1190. The van der Waals surface area contributed by atoms with Gasteiger partial charge in [-0.1, -0.05) is 32.0 Å². The molecule has 0 aliphatic carbocycles. The first-order chi connectivity index (χ1) is 16.4. The van der Waals surface area contributed by atoms with E-state index in [1.54, 1.807) is 57.6 Å². The summed E-state index contributed by atoms with van der Waals surface area (Å²) in [4.78, 5) is 27.9. The number of amides is 1. The fourth-order valence-electron chi connectivity index (χ4n) is 4.03. The predicted molar refractivity (Wildman–Crippen MR) is 128 cm³/mol. The number of Topliss-reactive ketones (excluding diaryl/α,β-unsaturated/α-hetero) is 1. The normalized spacial score (nSPS) is 15.9. The van der Waals surface area contributed by atoms with Crippen LogP contribution in [-0.2, 0) is 14.3 Å². The minimum absolute atomic E-state index is 0.0675. The van der Waals surface area contributed by atoms with Gasteiger partial charge in [0, 0.05) is 29.8 Å². The zero-order valence-corrected chi connectivity index (χ0v) is 19.4. The van der Waals surface area contributed by atoms with Crippen molar-refractivity contribution in [1.82, 2.24) is 0 Å². The molecule has 2 heterocycles. The number of ether oxygens (including phenoxy) is 2. The summed E-state index contributed by atoms with van der Waals surface area (Å²) in [5, 5.41) is 10.8. The van der Waals surface area contributed by atoms with Crippen molar-refractivity contribution in [3.8, 4) is 17.1 Å². The maximum absolute atomic E-state index is 13.3. The van der Waals surface area contributed by atoms with Gasteiger partial charge in [0.15, 0.2) is 11.5 Å². The molecule has 1 unspecified atom stereocenters. The summed E-state index contributed by atoms with van der Waals surface area (Å²) < 4.78 is 16.4. The van der Waals surface area contributed by atoms with Gasteiger partial charge in [-0.25, -0.2) is 0 Å². The monoisotopic (exact) mass is 461 g/mol. The van der Waals surface area contributed by atoms with Crippen molar-refractivity contribution in [2.45, 2.75) is 19.9 Å². The van der Waals surface area contributed by atoms with Crippen LogP contribution >= 0.6 is 0 Å². The highest BCUT2D eigenvalue weighted by atomic mass is 16.5. The minimum Gasteiger partial charge on any atom is -0.503 e. The lowest BCUT2D eigenvalue weighted by Gasteiger charge is -2.28. The number of aliphatic hydroxyl groups excluding tert-OH is 1. The van der Waals surface area contributed by atoms with Crippen molar-refractivity contribution in [2.75, 3.05) is 25.2 Å². The molecule has 1 atom stereocenters. The lowest BCUT2D eigenvalue weighted by atomic mass is 9.90. The van der Waals surface area contributed by atoms with E-state index < -0.39 is 23.6 Å². The Morgan fingerprint density at radius 3 is 2.44 bits per heavy atom. The van der Waals surface area contributed by atoms with Crippen LogP contribution in [0.1, 0.15) is 25.5 Å². The van der Waals surface area contributed by atoms with E-state index in [0.29, 0.717) is 36.0 Å². The van der Waals surface area contributed by atoms with Gasteiger partial charge in [-0.3, -0.25) is 14.5 Å². The fraction of sp³-hybridized carbons (Fsp3) is 0.259. The topological polar surface area (TPSA) is 89.2 Å². The van der Waals surface area contributed by atoms with Gasteiger partial charge < -0.3 is 19.0 Å². The molecule has 0 fully saturated rings. The number of anilines is 1. The quantitative estimate of drug-likeness (QED) is 0.446. The van der Waals surface area contributed by atoms with Gasteiger partial charge in [0.05, 0.1) is 24.5 Å². The van der Waals surface area contributed by atoms with Crippen molar-refractivity contribution in [3.63, 3.8) is 0 Å². The Kier molecular flexibility index (Phi) is 6.84. The van der Waals surface area contributed by atoms with Crippen molar-refractivity contribution in [2.24, 2.45) is 5.92 Å². The molecule has 176 valence electrons. The number of hydrogen-bond donors (Lipinski definition) is 1. The van der Waals surface area contributed by atoms with Gasteiger partial charge in [-0.2, -0.15) is 0 Å². The van der Waals surface area contributed by atoms with Crippen LogP contribution in [0.15, 0.2) is 82.7 Å². The standard InChI is InChI=1S/C27H27NO6/c1-17(2)25(29)23-24(20-7-4-5-8-22(20)34-16-15-32-3)28(27(31)26(23)30)19-12-10-18(11-13-19)21-9-6-14-33-21/h4-14,17,24,30H,15-16H2,1-3H3. The fourth-order valence-corrected chi connectivity index (χ4v) is 4.03. The highest BCUT2D eigenvalue weighted by Gasteiger charge is 2.45. The van der Waals surface area contributed by atoms with E-state index >= 15 is 0 Å². The van der Waals surface area contributed by atoms with E-state index in [1.165, 1.54) is 4.90 Å². The van der Waals surface area contributed by atoms with Crippen LogP contribution in [0.3, 0.4) is 0 Å². The number of para-hydroxylation sites is 1. The molecule has 1 amide bonds. The third kappa shape index (κ3) is 4.34. The maximum atomic E-state index is 13.3. The molecule has 1 aliphatic rings. The Balaban J connectivity index is 1.80. The summed E-state index contributed by atoms with van der Waals surface area (Å²) in [6.07, 6.45) is 1.59. The summed E-state index contributed by atoms with van der Waals surface area (Å²) in [5.74, 6) is -0.660. The smallest absolute Gasteiger partial charge is 0.294 e. The zero-order chi connectivity index (χ0) is 24.2. The number of ketones is 1. The number of carbonyl (C=O) groups excluding carboxylic acids is 2. The number of aliphatic hydroxyl groups is 1. The van der Waals surface area contributed by atoms with E-state index in [-0.39, 0.29) is 11.4 Å². The SMILES string of the molecule is COCCOc1ccccc1C1C(C(=O)C(C)C)=C(O)C(=O)N1c1ccc(-c2ccco2)cc1. The molecule has 2 aromatic carbocycles. The van der Waals surface area contributed by atoms with Crippen LogP contribution in [0.5, 0.6) is 5.75 Å². The Labute approximate surface area is 198 Å². The molecule has 1 aromatic heterocycles. The van der Waals surface area contributed by atoms with Gasteiger partial charge in [-0.05, 0) is 42.5 Å². The first-order valence-corrected chi connectivity index (χ1v) is 11.1. The third-order valence-electron chi connectivity index (χ3n) is 5.71. The van der Waals surface area contributed by atoms with E-state index in [4.69, 9.17) is 13.9 Å². The summed E-state index contributed by atoms with van der Waals surface area (Å²) >= 11 is 0. The van der Waals surface area contributed by atoms with E-state index in [0.717, 1.165) is 5.56 Å². The molecule has 0 saturated carbocycles. The predicted octanol–water partition coefficient (Wildman–Crippen LogP) is 5.10. The summed E-state index contributed by atoms with van der Waals surface area (Å²) in [6, 6.07) is 17.2. The third-order valence-corrected chi connectivity index (χ3v) is 5.71. The summed E-state index contributed by atoms with van der Waals surface area (Å²) in [5.41, 5.74) is 2.05. The second-order valence-corrected chi connectivity index (χ2v) is 8.26. The van der Waals surface area contributed by atoms with Crippen LogP contribution in [0.4, 0.5) is 5.69 Å². The molecule has 7 heteroatoms. The zero-order valence-electron chi connectivity index (χ0n) is 19.4. The molecule has 7 nitrogen and oxygen atoms in total. The number of carbonyl (C=O) groups is 2. The second-order valence-electron chi connectivity index (χ2n) is 8.26. The number of methoxy groups -OCH3 is 1. The summed E-state index contributed by atoms with van der Waals surface area (Å²) in [6.45, 7) is 4.17. The Morgan fingerprint density at radius 2 is 1.79 bits per heavy atom. The molecule has 4 rings (SSSR count). The van der Waals surface area contributed by atoms with Crippen molar-refractivity contribution < 1.29 is 28.6 Å². The average Bonchev–Trinajstić information content (AvgIpc) is 3.47. The molecule has 1 N–H and O–H groups in total. The number of hydrogen-bond acceptors (Lipinski definition) is 6. The van der Waals surface area contributed by atoms with Crippen molar-refractivity contribution in [1.29, 1.82) is 0 Å². The molecule has 1 aliphatic heterocycles. The van der Waals surface area contributed by atoms with Crippen LogP contribution < -0.4 is 9.64 Å². The number of nitrogens with zero attached hydrogens (tertiary/aromatic N) is 1. The molecule has 0 spiro atoms. The highest BCUT2D eigenvalue weighted by Crippen LogP contribution is 2.44. The molecule has 0 radical (unpaired) electrons. The largest absolute Gasteiger partial charge is 0.503 e. The van der Waals surface area contributed by atoms with E-state index in [2.05, 4.69) is 0 Å². The van der Waals surface area contributed by atoms with Gasteiger partial charge >= 0.3 is 0 Å². The first kappa shape index (κ1) is 23.3. The Hall–Kier alpha value is -3.84. The van der Waals surface area contributed by atoms with Crippen molar-refractivity contribution in [3.05, 3.63) is 83.8 Å². The lowest BCUT2D eigenvalue weighted by molar-refractivity contribution is -0.119. The number of benzene rings is 2. The van der Waals surface area contributed by atoms with E-state index in [1.807, 2.05) is 30.3 Å². The molecule has 34 heavy (non-hydrogen) atoms. The van der Waals surface area contributed by atoms with Gasteiger partial charge in [0.1, 0.15) is 18.1 Å². The van der Waals surface area contributed by atoms with Crippen LogP contribution in [0, 0.1) is 5.92 Å². The molecular formula is C27H27NO6. The molecule has 0 saturated heterocycles. The highest BCUT2D eigenvalue weighted by molar-refractivity contribution is 6.17. The van der Waals surface area contributed by atoms with Gasteiger partial charge in [0.2, 0.25) is 0 Å². The average molecular weight is 462 g/mol. The summed E-state index contributed by atoms with van der Waals surface area (Å²) in [7, 11) is 1.58. The maximum Gasteiger partial charge on any atom is 0.294 e. The minimum atomic E-state index is -0.837. The molecule has 0 bridgehead atoms. The van der Waals surface area contributed by atoms with Crippen LogP contribution in [0.2, 0.25) is 0 Å². The van der Waals surface area contributed by atoms with Crippen molar-refractivity contribution >= 4 is 17.4 Å². The number of rotatable bonds is 9. The molecular weight excluding hydrogens is 434 g/mol. The molecule has 3 aromatic rings. The number of furan rings is 1. The van der Waals surface area contributed by atoms with Gasteiger partial charge in [0.25, 0.3) is 5.91 Å². The van der Waals surface area contributed by atoms with Crippen LogP contribution in [-0.4, -0.2) is 37.1 Å². The van der Waals surface area contributed by atoms with E-state index in [9.17, 15) is 14.7 Å². The second kappa shape index (κ2) is 9.97. The van der Waals surface area contributed by atoms with Gasteiger partial charge in [-0.15, -0.1) is 0 Å². The Morgan fingerprint density at radius 1 is 1.06 bits per heavy atom. The van der Waals surface area contributed by atoms with Crippen LogP contribution in [0.25, 0.3) is 11.3 Å².